The quantitative estimate of drug-likeness (QED) is 0.764. The number of sulfonamides is 1. The van der Waals surface area contributed by atoms with Crippen molar-refractivity contribution in [3.8, 4) is 5.75 Å². The molecule has 1 fully saturated rings. The zero-order chi connectivity index (χ0) is 20.4. The molecule has 2 heterocycles. The van der Waals surface area contributed by atoms with E-state index >= 15 is 0 Å². The maximum atomic E-state index is 13.7. The first-order chi connectivity index (χ1) is 13.9. The fourth-order valence-electron chi connectivity index (χ4n) is 4.47. The van der Waals surface area contributed by atoms with Gasteiger partial charge in [-0.3, -0.25) is 0 Å². The second-order valence-corrected chi connectivity index (χ2v) is 10.3. The zero-order valence-corrected chi connectivity index (χ0v) is 18.0. The van der Waals surface area contributed by atoms with E-state index < -0.39 is 10.0 Å². The number of hydrogen-bond donors (Lipinski definition) is 0. The first kappa shape index (κ1) is 20.4. The van der Waals surface area contributed by atoms with Crippen LogP contribution in [0.3, 0.4) is 0 Å². The Morgan fingerprint density at radius 1 is 1.00 bits per heavy atom. The molecule has 2 aliphatic heterocycles. The molecule has 1 saturated heterocycles. The minimum Gasteiger partial charge on any atom is -0.487 e. The summed E-state index contributed by atoms with van der Waals surface area (Å²) in [7, 11) is -3.65. The van der Waals surface area contributed by atoms with Gasteiger partial charge in [0.25, 0.3) is 0 Å². The van der Waals surface area contributed by atoms with Gasteiger partial charge in [-0.05, 0) is 43.0 Å². The Morgan fingerprint density at radius 3 is 2.45 bits per heavy atom. The lowest BCUT2D eigenvalue weighted by molar-refractivity contribution is 0.110. The monoisotopic (exact) mass is 414 g/mol. The van der Waals surface area contributed by atoms with Crippen LogP contribution in [0.15, 0.2) is 59.5 Å². The summed E-state index contributed by atoms with van der Waals surface area (Å²) in [6.07, 6.45) is 1.46. The smallest absolute Gasteiger partial charge is 0.247 e. The van der Waals surface area contributed by atoms with Crippen LogP contribution in [0.1, 0.15) is 32.3 Å². The van der Waals surface area contributed by atoms with E-state index in [1.165, 1.54) is 0 Å². The van der Waals surface area contributed by atoms with E-state index in [1.807, 2.05) is 36.4 Å². The molecule has 0 unspecified atom stereocenters. The molecule has 0 N–H and O–H groups in total. The van der Waals surface area contributed by atoms with Crippen LogP contribution in [0.5, 0.6) is 5.75 Å². The highest BCUT2D eigenvalue weighted by molar-refractivity contribution is 7.89. The highest BCUT2D eigenvalue weighted by Crippen LogP contribution is 2.37. The standard InChI is InChI=1S/C23H30N2O3S/c1-18(2)16-24-14-12-20-21(13-15-24)28-22-10-6-7-11-23(22)29(26,27)25(20)17-19-8-4-3-5-9-19/h3-11,18,20-21H,12-17H2,1-2H3/t20-,21-/m1/s1. The number of rotatable bonds is 4. The van der Waals surface area contributed by atoms with Crippen LogP contribution in [-0.2, 0) is 16.6 Å². The number of fused-ring (bicyclic) bond motifs is 2. The molecule has 6 heteroatoms. The van der Waals surface area contributed by atoms with Crippen LogP contribution in [-0.4, -0.2) is 49.4 Å². The average molecular weight is 415 g/mol. The molecular formula is C23H30N2O3S. The van der Waals surface area contributed by atoms with Gasteiger partial charge in [-0.15, -0.1) is 0 Å². The second-order valence-electron chi connectivity index (χ2n) is 8.48. The fourth-order valence-corrected chi connectivity index (χ4v) is 6.26. The summed E-state index contributed by atoms with van der Waals surface area (Å²) < 4.78 is 35.4. The predicted molar refractivity (Wildman–Crippen MR) is 114 cm³/mol. The lowest BCUT2D eigenvalue weighted by Crippen LogP contribution is -2.46. The Hall–Kier alpha value is -1.89. The van der Waals surface area contributed by atoms with Crippen molar-refractivity contribution < 1.29 is 13.2 Å². The average Bonchev–Trinajstić information content (AvgIpc) is 2.93. The normalized spacial score (nSPS) is 24.8. The van der Waals surface area contributed by atoms with Crippen LogP contribution in [0.4, 0.5) is 0 Å². The molecule has 0 aromatic heterocycles. The van der Waals surface area contributed by atoms with Crippen molar-refractivity contribution in [1.82, 2.24) is 9.21 Å². The Kier molecular flexibility index (Phi) is 5.95. The SMILES string of the molecule is CC(C)CN1CC[C@@H]2[C@@H](CC1)Oc1ccccc1S(=O)(=O)N2Cc1ccccc1. The van der Waals surface area contributed by atoms with E-state index in [0.29, 0.717) is 18.2 Å². The predicted octanol–water partition coefficient (Wildman–Crippen LogP) is 3.76. The molecule has 2 aliphatic rings. The summed E-state index contributed by atoms with van der Waals surface area (Å²) in [4.78, 5) is 2.73. The number of benzene rings is 2. The van der Waals surface area contributed by atoms with Gasteiger partial charge in [0.1, 0.15) is 16.7 Å². The van der Waals surface area contributed by atoms with Crippen LogP contribution in [0, 0.1) is 5.92 Å². The van der Waals surface area contributed by atoms with Gasteiger partial charge in [-0.2, -0.15) is 4.31 Å². The largest absolute Gasteiger partial charge is 0.487 e. The van der Waals surface area contributed by atoms with Crippen molar-refractivity contribution in [2.75, 3.05) is 19.6 Å². The fraction of sp³-hybridized carbons (Fsp3) is 0.478. The highest BCUT2D eigenvalue weighted by Gasteiger charge is 2.43. The van der Waals surface area contributed by atoms with E-state index in [9.17, 15) is 8.42 Å². The number of ether oxygens (including phenoxy) is 1. The van der Waals surface area contributed by atoms with Crippen molar-refractivity contribution in [2.24, 2.45) is 5.92 Å². The molecule has 0 bridgehead atoms. The van der Waals surface area contributed by atoms with Crippen LogP contribution in [0.25, 0.3) is 0 Å². The van der Waals surface area contributed by atoms with Gasteiger partial charge >= 0.3 is 0 Å². The van der Waals surface area contributed by atoms with E-state index in [4.69, 9.17) is 4.74 Å². The Balaban J connectivity index is 1.72. The van der Waals surface area contributed by atoms with Crippen molar-refractivity contribution >= 4 is 10.0 Å². The Bertz CT molecular complexity index is 930. The molecule has 4 rings (SSSR count). The lowest BCUT2D eigenvalue weighted by Gasteiger charge is -2.32. The van der Waals surface area contributed by atoms with Gasteiger partial charge in [0.15, 0.2) is 0 Å². The Labute approximate surface area is 174 Å². The van der Waals surface area contributed by atoms with E-state index in [2.05, 4.69) is 18.7 Å². The third kappa shape index (κ3) is 4.34. The molecular weight excluding hydrogens is 384 g/mol. The third-order valence-corrected chi connectivity index (χ3v) is 7.70. The summed E-state index contributed by atoms with van der Waals surface area (Å²) in [6.45, 7) is 7.66. The molecule has 2 aromatic carbocycles. The lowest BCUT2D eigenvalue weighted by atomic mass is 10.1. The molecule has 5 nitrogen and oxygen atoms in total. The van der Waals surface area contributed by atoms with Gasteiger partial charge in [0, 0.05) is 19.6 Å². The minimum absolute atomic E-state index is 0.144. The zero-order valence-electron chi connectivity index (χ0n) is 17.2. The van der Waals surface area contributed by atoms with E-state index in [0.717, 1.165) is 38.0 Å². The molecule has 0 amide bonds. The topological polar surface area (TPSA) is 49.9 Å². The van der Waals surface area contributed by atoms with Crippen molar-refractivity contribution in [3.05, 3.63) is 60.2 Å². The summed E-state index contributed by atoms with van der Waals surface area (Å²) in [5.74, 6) is 1.07. The molecule has 2 atom stereocenters. The summed E-state index contributed by atoms with van der Waals surface area (Å²) in [5.41, 5.74) is 0.998. The third-order valence-electron chi connectivity index (χ3n) is 5.79. The van der Waals surface area contributed by atoms with Crippen molar-refractivity contribution in [2.45, 2.75) is 50.3 Å². The van der Waals surface area contributed by atoms with Crippen LogP contribution >= 0.6 is 0 Å². The van der Waals surface area contributed by atoms with Gasteiger partial charge in [0.05, 0.1) is 6.04 Å². The highest BCUT2D eigenvalue weighted by atomic mass is 32.2. The number of para-hydroxylation sites is 1. The Morgan fingerprint density at radius 2 is 1.69 bits per heavy atom. The van der Waals surface area contributed by atoms with Crippen LogP contribution < -0.4 is 4.74 Å². The van der Waals surface area contributed by atoms with Gasteiger partial charge in [-0.25, -0.2) is 8.42 Å². The van der Waals surface area contributed by atoms with Crippen molar-refractivity contribution in [3.63, 3.8) is 0 Å². The van der Waals surface area contributed by atoms with Gasteiger partial charge in [0.2, 0.25) is 10.0 Å². The summed E-state index contributed by atoms with van der Waals surface area (Å²) in [5, 5.41) is 0. The summed E-state index contributed by atoms with van der Waals surface area (Å²) >= 11 is 0. The van der Waals surface area contributed by atoms with E-state index in [-0.39, 0.29) is 17.0 Å². The van der Waals surface area contributed by atoms with Crippen molar-refractivity contribution in [1.29, 1.82) is 0 Å². The maximum Gasteiger partial charge on any atom is 0.247 e. The first-order valence-electron chi connectivity index (χ1n) is 10.5. The molecule has 0 saturated carbocycles. The molecule has 0 aliphatic carbocycles. The van der Waals surface area contributed by atoms with Gasteiger partial charge < -0.3 is 9.64 Å². The minimum atomic E-state index is -3.65. The molecule has 0 radical (unpaired) electrons. The molecule has 29 heavy (non-hydrogen) atoms. The second kappa shape index (κ2) is 8.46. The first-order valence-corrected chi connectivity index (χ1v) is 11.9. The maximum absolute atomic E-state index is 13.7. The molecule has 0 spiro atoms. The number of hydrogen-bond acceptors (Lipinski definition) is 4. The van der Waals surface area contributed by atoms with Gasteiger partial charge in [-0.1, -0.05) is 56.3 Å². The van der Waals surface area contributed by atoms with Crippen LogP contribution in [0.2, 0.25) is 0 Å². The molecule has 156 valence electrons. The number of nitrogens with zero attached hydrogens (tertiary/aromatic N) is 2. The van der Waals surface area contributed by atoms with E-state index in [1.54, 1.807) is 22.5 Å². The molecule has 2 aromatic rings. The summed E-state index contributed by atoms with van der Waals surface area (Å²) in [6, 6.07) is 16.7. The number of likely N-dealkylation sites (tertiary alicyclic amines) is 1.